The summed E-state index contributed by atoms with van der Waals surface area (Å²) in [4.78, 5) is 18.0. The van der Waals surface area contributed by atoms with E-state index in [1.807, 2.05) is 30.3 Å². The van der Waals surface area contributed by atoms with Crippen molar-refractivity contribution in [2.24, 2.45) is 0 Å². The van der Waals surface area contributed by atoms with Gasteiger partial charge < -0.3 is 9.32 Å². The molecule has 65 heavy (non-hydrogen) atoms. The van der Waals surface area contributed by atoms with E-state index < -0.39 is 0 Å². The van der Waals surface area contributed by atoms with Crippen LogP contribution >= 0.6 is 0 Å². The zero-order valence-electron chi connectivity index (χ0n) is 36.0. The predicted molar refractivity (Wildman–Crippen MR) is 267 cm³/mol. The van der Waals surface area contributed by atoms with E-state index in [4.69, 9.17) is 19.4 Å². The van der Waals surface area contributed by atoms with Crippen LogP contribution in [0.1, 0.15) is 25.0 Å². The smallest absolute Gasteiger partial charge is 0.167 e. The van der Waals surface area contributed by atoms with Gasteiger partial charge in [0.25, 0.3) is 0 Å². The quantitative estimate of drug-likeness (QED) is 0.153. The Labute approximate surface area is 378 Å². The molecule has 308 valence electrons. The molecule has 1 aliphatic carbocycles. The van der Waals surface area contributed by atoms with Gasteiger partial charge in [-0.15, -0.1) is 0 Å². The Balaban J connectivity index is 1.05. The van der Waals surface area contributed by atoms with E-state index in [9.17, 15) is 0 Å². The standard InChI is InChI=1S/C60H42N4O/c1-60(2)51-24-14-12-22-47(51)48-35-30-44(38-52(48)60)58-61-57(43-20-10-5-11-21-43)62-59(63-58)50-36-37-53(55-49-23-13-15-25-54(49)65-56(50)55)64(45-31-26-41(27-32-45)39-16-6-3-7-17-39)46-33-28-42(29-34-46)40-18-8-4-9-19-40/h3-38H,1-2H3. The number of benzene rings is 9. The van der Waals surface area contributed by atoms with Crippen molar-refractivity contribution in [3.8, 4) is 67.5 Å². The average Bonchev–Trinajstić information content (AvgIpc) is 3.87. The van der Waals surface area contributed by atoms with Gasteiger partial charge in [-0.3, -0.25) is 0 Å². The molecule has 12 rings (SSSR count). The van der Waals surface area contributed by atoms with Gasteiger partial charge in [0, 0.05) is 33.3 Å². The summed E-state index contributed by atoms with van der Waals surface area (Å²) in [6, 6.07) is 76.7. The summed E-state index contributed by atoms with van der Waals surface area (Å²) in [5.41, 5.74) is 16.7. The fraction of sp³-hybridized carbons (Fsp3) is 0.0500. The molecule has 0 radical (unpaired) electrons. The Morgan fingerprint density at radius 1 is 0.385 bits per heavy atom. The van der Waals surface area contributed by atoms with Gasteiger partial charge in [-0.1, -0.05) is 184 Å². The van der Waals surface area contributed by atoms with Crippen LogP contribution in [0, 0.1) is 0 Å². The first kappa shape index (κ1) is 38.3. The van der Waals surface area contributed by atoms with Crippen LogP contribution in [-0.4, -0.2) is 15.0 Å². The monoisotopic (exact) mass is 834 g/mol. The number of fused-ring (bicyclic) bond motifs is 6. The van der Waals surface area contributed by atoms with Gasteiger partial charge in [-0.2, -0.15) is 0 Å². The van der Waals surface area contributed by atoms with Gasteiger partial charge in [0.15, 0.2) is 17.5 Å². The second-order valence-corrected chi connectivity index (χ2v) is 17.2. The molecule has 0 spiro atoms. The molecule has 0 aliphatic heterocycles. The van der Waals surface area contributed by atoms with Crippen molar-refractivity contribution in [2.75, 3.05) is 4.90 Å². The van der Waals surface area contributed by atoms with Gasteiger partial charge >= 0.3 is 0 Å². The number of nitrogens with zero attached hydrogens (tertiary/aromatic N) is 4. The Bertz CT molecular complexity index is 3460. The number of anilines is 3. The molecule has 2 heterocycles. The summed E-state index contributed by atoms with van der Waals surface area (Å²) in [6.45, 7) is 4.60. The van der Waals surface area contributed by atoms with E-state index in [-0.39, 0.29) is 5.41 Å². The lowest BCUT2D eigenvalue weighted by Crippen LogP contribution is -2.15. The fourth-order valence-corrected chi connectivity index (χ4v) is 9.65. The largest absolute Gasteiger partial charge is 0.455 e. The molecule has 0 N–H and O–H groups in total. The van der Waals surface area contributed by atoms with E-state index >= 15 is 0 Å². The van der Waals surface area contributed by atoms with Crippen LogP contribution < -0.4 is 4.90 Å². The van der Waals surface area contributed by atoms with Crippen LogP contribution in [0.2, 0.25) is 0 Å². The van der Waals surface area contributed by atoms with Gasteiger partial charge in [-0.25, -0.2) is 15.0 Å². The highest BCUT2D eigenvalue weighted by molar-refractivity contribution is 6.16. The highest BCUT2D eigenvalue weighted by Gasteiger charge is 2.35. The van der Waals surface area contributed by atoms with Crippen LogP contribution in [0.5, 0.6) is 0 Å². The third-order valence-corrected chi connectivity index (χ3v) is 13.0. The first-order valence-corrected chi connectivity index (χ1v) is 22.1. The van der Waals surface area contributed by atoms with Crippen molar-refractivity contribution in [3.05, 3.63) is 230 Å². The molecule has 0 fully saturated rings. The average molecular weight is 835 g/mol. The van der Waals surface area contributed by atoms with Crippen LogP contribution in [0.15, 0.2) is 223 Å². The Kier molecular flexibility index (Phi) is 9.09. The summed E-state index contributed by atoms with van der Waals surface area (Å²) >= 11 is 0. The van der Waals surface area contributed by atoms with Crippen molar-refractivity contribution in [2.45, 2.75) is 19.3 Å². The Hall–Kier alpha value is -8.41. The summed E-state index contributed by atoms with van der Waals surface area (Å²) in [6.07, 6.45) is 0. The first-order chi connectivity index (χ1) is 32.0. The van der Waals surface area contributed by atoms with E-state index in [0.717, 1.165) is 61.2 Å². The van der Waals surface area contributed by atoms with Crippen molar-refractivity contribution in [1.29, 1.82) is 0 Å². The minimum Gasteiger partial charge on any atom is -0.455 e. The maximum atomic E-state index is 6.94. The zero-order chi connectivity index (χ0) is 43.5. The molecule has 2 aromatic heterocycles. The molecule has 11 aromatic rings. The van der Waals surface area contributed by atoms with E-state index in [1.165, 1.54) is 33.4 Å². The number of furan rings is 1. The molecule has 0 saturated heterocycles. The molecule has 5 nitrogen and oxygen atoms in total. The van der Waals surface area contributed by atoms with Crippen molar-refractivity contribution >= 4 is 39.0 Å². The molecule has 0 bridgehead atoms. The minimum atomic E-state index is -0.175. The molecular weight excluding hydrogens is 793 g/mol. The van der Waals surface area contributed by atoms with E-state index in [1.54, 1.807) is 0 Å². The van der Waals surface area contributed by atoms with Crippen molar-refractivity contribution < 1.29 is 4.42 Å². The minimum absolute atomic E-state index is 0.175. The van der Waals surface area contributed by atoms with E-state index in [0.29, 0.717) is 23.1 Å². The Morgan fingerprint density at radius 2 is 0.862 bits per heavy atom. The molecule has 0 saturated carbocycles. The predicted octanol–water partition coefficient (Wildman–Crippen LogP) is 15.9. The second kappa shape index (κ2) is 15.4. The maximum absolute atomic E-state index is 6.94. The normalized spacial score (nSPS) is 12.6. The molecule has 9 aromatic carbocycles. The third-order valence-electron chi connectivity index (χ3n) is 13.0. The SMILES string of the molecule is CC1(C)c2ccccc2-c2ccc(-c3nc(-c4ccccc4)nc(-c4ccc(N(c5ccc(-c6ccccc6)cc5)c5ccc(-c6ccccc6)cc5)c5c4oc4ccccc45)n3)cc21. The molecule has 1 aliphatic rings. The maximum Gasteiger partial charge on any atom is 0.167 e. The number of hydrogen-bond acceptors (Lipinski definition) is 5. The lowest BCUT2D eigenvalue weighted by molar-refractivity contribution is 0.660. The summed E-state index contributed by atoms with van der Waals surface area (Å²) in [7, 11) is 0. The van der Waals surface area contributed by atoms with Crippen LogP contribution in [0.3, 0.4) is 0 Å². The summed E-state index contributed by atoms with van der Waals surface area (Å²) < 4.78 is 6.94. The molecule has 5 heteroatoms. The lowest BCUT2D eigenvalue weighted by atomic mass is 9.82. The Morgan fingerprint density at radius 3 is 1.51 bits per heavy atom. The number of para-hydroxylation sites is 1. The van der Waals surface area contributed by atoms with Crippen LogP contribution in [0.25, 0.3) is 89.5 Å². The second-order valence-electron chi connectivity index (χ2n) is 17.2. The highest BCUT2D eigenvalue weighted by atomic mass is 16.3. The van der Waals surface area contributed by atoms with Crippen LogP contribution in [0.4, 0.5) is 17.1 Å². The topological polar surface area (TPSA) is 55.1 Å². The molecule has 0 atom stereocenters. The zero-order valence-corrected chi connectivity index (χ0v) is 36.0. The van der Waals surface area contributed by atoms with Gasteiger partial charge in [0.2, 0.25) is 0 Å². The van der Waals surface area contributed by atoms with Gasteiger partial charge in [0.1, 0.15) is 11.2 Å². The third kappa shape index (κ3) is 6.59. The first-order valence-electron chi connectivity index (χ1n) is 22.1. The van der Waals surface area contributed by atoms with Crippen molar-refractivity contribution in [3.63, 3.8) is 0 Å². The summed E-state index contributed by atoms with van der Waals surface area (Å²) in [5.74, 6) is 1.74. The number of rotatable bonds is 8. The number of aromatic nitrogens is 3. The van der Waals surface area contributed by atoms with Gasteiger partial charge in [0.05, 0.1) is 16.6 Å². The highest BCUT2D eigenvalue weighted by Crippen LogP contribution is 2.50. The molecular formula is C60H42N4O. The summed E-state index contributed by atoms with van der Waals surface area (Å²) in [5, 5.41) is 1.97. The lowest BCUT2D eigenvalue weighted by Gasteiger charge is -2.27. The van der Waals surface area contributed by atoms with Gasteiger partial charge in [-0.05, 0) is 93.0 Å². The fourth-order valence-electron chi connectivity index (χ4n) is 9.65. The molecule has 0 amide bonds. The number of hydrogen-bond donors (Lipinski definition) is 0. The van der Waals surface area contributed by atoms with Crippen molar-refractivity contribution in [1.82, 2.24) is 15.0 Å². The molecule has 0 unspecified atom stereocenters. The van der Waals surface area contributed by atoms with E-state index in [2.05, 4.69) is 207 Å². The van der Waals surface area contributed by atoms with Crippen LogP contribution in [-0.2, 0) is 5.41 Å².